The van der Waals surface area contributed by atoms with Crippen molar-refractivity contribution >= 4 is 23.1 Å². The number of hydrogen-bond donors (Lipinski definition) is 0. The highest BCUT2D eigenvalue weighted by atomic mass is 16.6. The van der Waals surface area contributed by atoms with E-state index in [-0.39, 0.29) is 35.8 Å². The summed E-state index contributed by atoms with van der Waals surface area (Å²) in [5, 5.41) is 0. The van der Waals surface area contributed by atoms with Gasteiger partial charge in [-0.15, -0.1) is 0 Å². The molecule has 0 fully saturated rings. The molecule has 0 radical (unpaired) electrons. The van der Waals surface area contributed by atoms with Crippen LogP contribution >= 0.6 is 0 Å². The molecule has 4 heterocycles. The summed E-state index contributed by atoms with van der Waals surface area (Å²) < 4.78 is 24.3. The molecule has 0 aromatic carbocycles. The molecule has 1 atom stereocenters. The van der Waals surface area contributed by atoms with Gasteiger partial charge in [0.25, 0.3) is 5.56 Å². The van der Waals surface area contributed by atoms with Gasteiger partial charge in [-0.25, -0.2) is 19.4 Å². The fourth-order valence-corrected chi connectivity index (χ4v) is 3.12. The summed E-state index contributed by atoms with van der Waals surface area (Å²) in [7, 11) is 2.84. The second kappa shape index (κ2) is 8.41. The molecule has 0 saturated heterocycles. The second-order valence-electron chi connectivity index (χ2n) is 6.86. The van der Waals surface area contributed by atoms with Crippen LogP contribution in [0.1, 0.15) is 21.1 Å². The summed E-state index contributed by atoms with van der Waals surface area (Å²) >= 11 is 0. The van der Waals surface area contributed by atoms with Gasteiger partial charge in [0.1, 0.15) is 6.61 Å². The van der Waals surface area contributed by atoms with Gasteiger partial charge in [-0.1, -0.05) is 0 Å². The Hall–Kier alpha value is -4.35. The van der Waals surface area contributed by atoms with E-state index in [9.17, 15) is 19.2 Å². The lowest BCUT2D eigenvalue weighted by atomic mass is 10.3. The Kier molecular flexibility index (Phi) is 5.50. The van der Waals surface area contributed by atoms with Crippen molar-refractivity contribution in [3.63, 3.8) is 0 Å². The van der Waals surface area contributed by atoms with Gasteiger partial charge in [-0.2, -0.15) is 0 Å². The number of rotatable bonds is 7. The lowest BCUT2D eigenvalue weighted by molar-refractivity contribution is -0.00811. The minimum Gasteiger partial charge on any atom is -0.457 e. The highest BCUT2D eigenvalue weighted by Gasteiger charge is 2.24. The normalized spacial score (nSPS) is 12.1. The third kappa shape index (κ3) is 3.85. The Morgan fingerprint density at radius 2 is 1.69 bits per heavy atom. The van der Waals surface area contributed by atoms with Crippen LogP contribution in [0.3, 0.4) is 0 Å². The Bertz CT molecular complexity index is 1380. The highest BCUT2D eigenvalue weighted by Crippen LogP contribution is 2.12. The number of imidazole rings is 1. The molecule has 0 saturated carbocycles. The number of aryl methyl sites for hydroxylation is 1. The van der Waals surface area contributed by atoms with Gasteiger partial charge in [-0.3, -0.25) is 13.9 Å². The first-order valence-electron chi connectivity index (χ1n) is 9.42. The van der Waals surface area contributed by atoms with E-state index in [1.54, 1.807) is 0 Å². The van der Waals surface area contributed by atoms with Crippen LogP contribution in [-0.4, -0.2) is 43.3 Å². The van der Waals surface area contributed by atoms with Gasteiger partial charge < -0.3 is 22.9 Å². The van der Waals surface area contributed by atoms with Crippen LogP contribution in [-0.2, 0) is 30.1 Å². The van der Waals surface area contributed by atoms with E-state index in [1.807, 2.05) is 0 Å². The molecule has 166 valence electrons. The quantitative estimate of drug-likeness (QED) is 0.378. The molecular formula is C20H18N4O8. The SMILES string of the molecule is Cn1c(=O)c2c(ncn2C[C@@H](COC(=O)c2ccco2)OC(=O)c2ccco2)n(C)c1=O. The number of ether oxygens (including phenoxy) is 2. The van der Waals surface area contributed by atoms with E-state index in [1.165, 1.54) is 66.3 Å². The first kappa shape index (κ1) is 20.9. The molecule has 4 rings (SSSR count). The Labute approximate surface area is 179 Å². The van der Waals surface area contributed by atoms with Gasteiger partial charge in [0.05, 0.1) is 25.4 Å². The zero-order valence-electron chi connectivity index (χ0n) is 17.1. The van der Waals surface area contributed by atoms with Crippen molar-refractivity contribution in [2.45, 2.75) is 12.6 Å². The molecule has 0 unspecified atom stereocenters. The fraction of sp³-hybridized carbons (Fsp3) is 0.250. The maximum Gasteiger partial charge on any atom is 0.374 e. The van der Waals surface area contributed by atoms with Gasteiger partial charge in [-0.05, 0) is 24.3 Å². The number of aromatic nitrogens is 4. The van der Waals surface area contributed by atoms with Crippen LogP contribution in [0.25, 0.3) is 11.2 Å². The van der Waals surface area contributed by atoms with E-state index in [2.05, 4.69) is 4.98 Å². The highest BCUT2D eigenvalue weighted by molar-refractivity contribution is 5.87. The maximum atomic E-state index is 12.7. The van der Waals surface area contributed by atoms with Crippen molar-refractivity contribution in [2.24, 2.45) is 14.1 Å². The molecule has 4 aromatic heterocycles. The molecule has 12 heteroatoms. The maximum absolute atomic E-state index is 12.7. The number of esters is 2. The summed E-state index contributed by atoms with van der Waals surface area (Å²) in [6.07, 6.45) is 2.97. The summed E-state index contributed by atoms with van der Waals surface area (Å²) in [6.45, 7) is -0.417. The smallest absolute Gasteiger partial charge is 0.374 e. The van der Waals surface area contributed by atoms with Gasteiger partial charge >= 0.3 is 17.6 Å². The van der Waals surface area contributed by atoms with Crippen molar-refractivity contribution in [1.29, 1.82) is 0 Å². The molecule has 0 aliphatic rings. The van der Waals surface area contributed by atoms with E-state index in [0.29, 0.717) is 0 Å². The van der Waals surface area contributed by atoms with Crippen molar-refractivity contribution in [2.75, 3.05) is 6.61 Å². The lowest BCUT2D eigenvalue weighted by Crippen LogP contribution is -2.38. The number of furan rings is 2. The lowest BCUT2D eigenvalue weighted by Gasteiger charge is -2.18. The fourth-order valence-electron chi connectivity index (χ4n) is 3.12. The summed E-state index contributed by atoms with van der Waals surface area (Å²) in [5.74, 6) is -1.58. The van der Waals surface area contributed by atoms with Crippen LogP contribution < -0.4 is 11.2 Å². The Balaban J connectivity index is 1.62. The zero-order valence-corrected chi connectivity index (χ0v) is 17.1. The molecule has 32 heavy (non-hydrogen) atoms. The largest absolute Gasteiger partial charge is 0.457 e. The Morgan fingerprint density at radius 3 is 2.31 bits per heavy atom. The summed E-state index contributed by atoms with van der Waals surface area (Å²) in [6, 6.07) is 5.91. The predicted octanol–water partition coefficient (Wildman–Crippen LogP) is 0.702. The van der Waals surface area contributed by atoms with Crippen molar-refractivity contribution in [1.82, 2.24) is 18.7 Å². The summed E-state index contributed by atoms with van der Waals surface area (Å²) in [5.41, 5.74) is -0.794. The number of hydrogen-bond acceptors (Lipinski definition) is 9. The molecule has 0 bridgehead atoms. The second-order valence-corrected chi connectivity index (χ2v) is 6.86. The average Bonchev–Trinajstić information content (AvgIpc) is 3.55. The minimum absolute atomic E-state index is 0.0157. The van der Waals surface area contributed by atoms with Gasteiger partial charge in [0.2, 0.25) is 11.5 Å². The molecular weight excluding hydrogens is 424 g/mol. The zero-order chi connectivity index (χ0) is 22.8. The molecule has 0 N–H and O–H groups in total. The van der Waals surface area contributed by atoms with Crippen molar-refractivity contribution < 1.29 is 27.9 Å². The standard InChI is InChI=1S/C20H18N4O8/c1-22-16-15(17(25)23(2)20(22)28)24(11-21-16)9-12(32-19(27)14-6-4-8-30-14)10-31-18(26)13-5-3-7-29-13/h3-8,11-12H,9-10H2,1-2H3/t12-/m0/s1. The molecule has 0 spiro atoms. The molecule has 4 aromatic rings. The Morgan fingerprint density at radius 1 is 1.03 bits per heavy atom. The average molecular weight is 442 g/mol. The third-order valence-corrected chi connectivity index (χ3v) is 4.74. The minimum atomic E-state index is -1.01. The van der Waals surface area contributed by atoms with Crippen LogP contribution in [0.2, 0.25) is 0 Å². The first-order valence-corrected chi connectivity index (χ1v) is 9.42. The van der Waals surface area contributed by atoms with E-state index < -0.39 is 29.3 Å². The van der Waals surface area contributed by atoms with E-state index in [0.717, 1.165) is 4.57 Å². The van der Waals surface area contributed by atoms with E-state index in [4.69, 9.17) is 18.3 Å². The van der Waals surface area contributed by atoms with Crippen LogP contribution in [0, 0.1) is 0 Å². The van der Waals surface area contributed by atoms with Crippen molar-refractivity contribution in [3.8, 4) is 0 Å². The molecule has 0 aliphatic heterocycles. The summed E-state index contributed by atoms with van der Waals surface area (Å²) in [4.78, 5) is 53.5. The predicted molar refractivity (Wildman–Crippen MR) is 107 cm³/mol. The number of fused-ring (bicyclic) bond motifs is 1. The topological polar surface area (TPSA) is 141 Å². The first-order chi connectivity index (χ1) is 15.4. The van der Waals surface area contributed by atoms with Crippen LogP contribution in [0.15, 0.2) is 61.5 Å². The molecule has 0 amide bonds. The van der Waals surface area contributed by atoms with Gasteiger partial charge in [0.15, 0.2) is 17.3 Å². The number of nitrogens with zero attached hydrogens (tertiary/aromatic N) is 4. The van der Waals surface area contributed by atoms with E-state index >= 15 is 0 Å². The monoisotopic (exact) mass is 442 g/mol. The van der Waals surface area contributed by atoms with Crippen molar-refractivity contribution in [3.05, 3.63) is 75.5 Å². The molecule has 0 aliphatic carbocycles. The number of carbonyl (C=O) groups is 2. The number of carbonyl (C=O) groups excluding carboxylic acids is 2. The van der Waals surface area contributed by atoms with Crippen LogP contribution in [0.4, 0.5) is 0 Å². The molecule has 12 nitrogen and oxygen atoms in total. The van der Waals surface area contributed by atoms with Crippen LogP contribution in [0.5, 0.6) is 0 Å². The third-order valence-electron chi connectivity index (χ3n) is 4.74. The van der Waals surface area contributed by atoms with Gasteiger partial charge in [0, 0.05) is 14.1 Å².